The summed E-state index contributed by atoms with van der Waals surface area (Å²) in [6.45, 7) is 5.41. The number of carbonyl (C=O) groups is 2. The van der Waals surface area contributed by atoms with E-state index < -0.39 is 23.6 Å². The van der Waals surface area contributed by atoms with Gasteiger partial charge in [0.25, 0.3) is 5.91 Å². The standard InChI is InChI=1S/C22H24F2N4O3/c1-14-11-19(24)20(25-13-14)26-6-8-27(9-7-26)21(29)17-4-3-16(12-18(17)23)28-15(2)5-10-31-22(28)30/h3-4,11-13,15H,5-10H2,1-2H3/t15-/m1/s1. The molecule has 0 N–H and O–H groups in total. The Morgan fingerprint density at radius 1 is 1.13 bits per heavy atom. The number of ether oxygens (including phenoxy) is 1. The van der Waals surface area contributed by atoms with Gasteiger partial charge in [-0.25, -0.2) is 18.6 Å². The molecule has 1 aromatic heterocycles. The number of anilines is 2. The van der Waals surface area contributed by atoms with E-state index >= 15 is 0 Å². The molecule has 7 nitrogen and oxygen atoms in total. The number of rotatable bonds is 3. The molecule has 9 heteroatoms. The molecular weight excluding hydrogens is 406 g/mol. The Bertz CT molecular complexity index is 1010. The molecule has 2 saturated heterocycles. The van der Waals surface area contributed by atoms with Gasteiger partial charge in [-0.1, -0.05) is 0 Å². The van der Waals surface area contributed by atoms with Crippen molar-refractivity contribution in [3.8, 4) is 0 Å². The Kier molecular flexibility index (Phi) is 5.75. The Hall–Kier alpha value is -3.23. The van der Waals surface area contributed by atoms with Gasteiger partial charge in [-0.05, 0) is 43.7 Å². The molecule has 0 radical (unpaired) electrons. The van der Waals surface area contributed by atoms with Crippen LogP contribution in [0.1, 0.15) is 29.3 Å². The van der Waals surface area contributed by atoms with Crippen LogP contribution in [0.25, 0.3) is 0 Å². The average molecular weight is 430 g/mol. The largest absolute Gasteiger partial charge is 0.449 e. The van der Waals surface area contributed by atoms with Crippen molar-refractivity contribution < 1.29 is 23.1 Å². The van der Waals surface area contributed by atoms with Crippen molar-refractivity contribution in [2.75, 3.05) is 42.6 Å². The quantitative estimate of drug-likeness (QED) is 0.747. The van der Waals surface area contributed by atoms with E-state index in [0.717, 1.165) is 5.56 Å². The zero-order valence-corrected chi connectivity index (χ0v) is 17.5. The Balaban J connectivity index is 1.45. The van der Waals surface area contributed by atoms with Crippen LogP contribution in [-0.4, -0.2) is 60.7 Å². The van der Waals surface area contributed by atoms with E-state index in [-0.39, 0.29) is 17.4 Å². The zero-order valence-electron chi connectivity index (χ0n) is 17.5. The lowest BCUT2D eigenvalue weighted by molar-refractivity contribution is 0.0741. The lowest BCUT2D eigenvalue weighted by Crippen LogP contribution is -2.49. The number of halogens is 2. The number of benzene rings is 1. The Morgan fingerprint density at radius 3 is 2.52 bits per heavy atom. The molecule has 0 unspecified atom stereocenters. The highest BCUT2D eigenvalue weighted by molar-refractivity contribution is 5.96. The fourth-order valence-electron chi connectivity index (χ4n) is 3.93. The maximum Gasteiger partial charge on any atom is 0.414 e. The van der Waals surface area contributed by atoms with Gasteiger partial charge >= 0.3 is 6.09 Å². The van der Waals surface area contributed by atoms with Crippen molar-refractivity contribution in [2.24, 2.45) is 0 Å². The number of aromatic nitrogens is 1. The van der Waals surface area contributed by atoms with E-state index in [9.17, 15) is 18.4 Å². The average Bonchev–Trinajstić information content (AvgIpc) is 2.73. The van der Waals surface area contributed by atoms with E-state index in [4.69, 9.17) is 4.74 Å². The second-order valence-electron chi connectivity index (χ2n) is 7.88. The van der Waals surface area contributed by atoms with Crippen molar-refractivity contribution in [3.63, 3.8) is 0 Å². The van der Waals surface area contributed by atoms with E-state index in [1.807, 2.05) is 6.92 Å². The minimum absolute atomic E-state index is 0.0603. The van der Waals surface area contributed by atoms with E-state index in [0.29, 0.717) is 44.9 Å². The van der Waals surface area contributed by atoms with Gasteiger partial charge < -0.3 is 14.5 Å². The number of aryl methyl sites for hydroxylation is 1. The summed E-state index contributed by atoms with van der Waals surface area (Å²) in [7, 11) is 0. The summed E-state index contributed by atoms with van der Waals surface area (Å²) in [6.07, 6.45) is 1.73. The van der Waals surface area contributed by atoms with Crippen LogP contribution in [0.5, 0.6) is 0 Å². The Labute approximate surface area is 179 Å². The third-order valence-corrected chi connectivity index (χ3v) is 5.68. The minimum atomic E-state index is -0.693. The predicted molar refractivity (Wildman–Crippen MR) is 111 cm³/mol. The first-order valence-corrected chi connectivity index (χ1v) is 10.3. The fraction of sp³-hybridized carbons (Fsp3) is 0.409. The highest BCUT2D eigenvalue weighted by Crippen LogP contribution is 2.26. The lowest BCUT2D eigenvalue weighted by atomic mass is 10.1. The first-order chi connectivity index (χ1) is 14.8. The van der Waals surface area contributed by atoms with Gasteiger partial charge in [0.2, 0.25) is 0 Å². The molecule has 2 aliphatic rings. The summed E-state index contributed by atoms with van der Waals surface area (Å²) >= 11 is 0. The number of cyclic esters (lactones) is 1. The van der Waals surface area contributed by atoms with Crippen molar-refractivity contribution in [1.82, 2.24) is 9.88 Å². The van der Waals surface area contributed by atoms with Crippen LogP contribution in [0.4, 0.5) is 25.1 Å². The van der Waals surface area contributed by atoms with E-state index in [1.54, 1.807) is 29.0 Å². The normalized spacial score (nSPS) is 19.4. The molecule has 4 rings (SSSR count). The summed E-state index contributed by atoms with van der Waals surface area (Å²) in [4.78, 5) is 33.8. The molecule has 0 bridgehead atoms. The maximum atomic E-state index is 14.8. The summed E-state index contributed by atoms with van der Waals surface area (Å²) in [5.74, 6) is -1.26. The van der Waals surface area contributed by atoms with E-state index in [2.05, 4.69) is 4.98 Å². The van der Waals surface area contributed by atoms with Crippen LogP contribution in [0.15, 0.2) is 30.5 Å². The molecule has 2 fully saturated rings. The van der Waals surface area contributed by atoms with Gasteiger partial charge in [0, 0.05) is 44.8 Å². The van der Waals surface area contributed by atoms with E-state index in [1.165, 1.54) is 23.1 Å². The van der Waals surface area contributed by atoms with Crippen LogP contribution >= 0.6 is 0 Å². The maximum absolute atomic E-state index is 14.8. The summed E-state index contributed by atoms with van der Waals surface area (Å²) < 4.78 is 34.0. The highest BCUT2D eigenvalue weighted by Gasteiger charge is 2.30. The van der Waals surface area contributed by atoms with Crippen LogP contribution in [0, 0.1) is 18.6 Å². The molecule has 1 atom stereocenters. The second kappa shape index (κ2) is 8.49. The lowest BCUT2D eigenvalue weighted by Gasteiger charge is -2.36. The minimum Gasteiger partial charge on any atom is -0.449 e. The number of carbonyl (C=O) groups excluding carboxylic acids is 2. The number of nitrogens with zero attached hydrogens (tertiary/aromatic N) is 4. The first kappa shape index (κ1) is 21.0. The van der Waals surface area contributed by atoms with Crippen LogP contribution in [-0.2, 0) is 4.74 Å². The Morgan fingerprint density at radius 2 is 1.87 bits per heavy atom. The topological polar surface area (TPSA) is 66.0 Å². The smallest absolute Gasteiger partial charge is 0.414 e. The van der Waals surface area contributed by atoms with Gasteiger partial charge in [0.15, 0.2) is 11.6 Å². The molecular formula is C22H24F2N4O3. The summed E-state index contributed by atoms with van der Waals surface area (Å²) in [6, 6.07) is 5.45. The number of amides is 2. The monoisotopic (exact) mass is 430 g/mol. The molecule has 164 valence electrons. The second-order valence-corrected chi connectivity index (χ2v) is 7.88. The van der Waals surface area contributed by atoms with Crippen molar-refractivity contribution in [2.45, 2.75) is 26.3 Å². The molecule has 0 aliphatic carbocycles. The summed E-state index contributed by atoms with van der Waals surface area (Å²) in [5.41, 5.74) is 1.04. The third-order valence-electron chi connectivity index (χ3n) is 5.68. The fourth-order valence-corrected chi connectivity index (χ4v) is 3.93. The SMILES string of the molecule is Cc1cnc(N2CCN(C(=O)c3ccc(N4C(=O)OCC[C@H]4C)cc3F)CC2)c(F)c1. The van der Waals surface area contributed by atoms with Gasteiger partial charge in [0.05, 0.1) is 17.9 Å². The number of piperazine rings is 1. The van der Waals surface area contributed by atoms with Crippen LogP contribution in [0.2, 0.25) is 0 Å². The molecule has 31 heavy (non-hydrogen) atoms. The zero-order chi connectivity index (χ0) is 22.1. The van der Waals surface area contributed by atoms with Gasteiger partial charge in [-0.15, -0.1) is 0 Å². The molecule has 3 heterocycles. The number of hydrogen-bond donors (Lipinski definition) is 0. The molecule has 2 amide bonds. The molecule has 2 aromatic rings. The third kappa shape index (κ3) is 4.17. The molecule has 0 saturated carbocycles. The van der Waals surface area contributed by atoms with Crippen LogP contribution < -0.4 is 9.80 Å². The highest BCUT2D eigenvalue weighted by atomic mass is 19.1. The number of pyridine rings is 1. The van der Waals surface area contributed by atoms with Crippen molar-refractivity contribution in [1.29, 1.82) is 0 Å². The van der Waals surface area contributed by atoms with Crippen molar-refractivity contribution >= 4 is 23.5 Å². The first-order valence-electron chi connectivity index (χ1n) is 10.3. The molecule has 0 spiro atoms. The molecule has 2 aliphatic heterocycles. The van der Waals surface area contributed by atoms with Gasteiger partial charge in [-0.3, -0.25) is 9.69 Å². The summed E-state index contributed by atoms with van der Waals surface area (Å²) in [5, 5.41) is 0. The van der Waals surface area contributed by atoms with Gasteiger partial charge in [-0.2, -0.15) is 0 Å². The van der Waals surface area contributed by atoms with Crippen molar-refractivity contribution in [3.05, 3.63) is 53.2 Å². The predicted octanol–water partition coefficient (Wildman–Crippen LogP) is 3.37. The van der Waals surface area contributed by atoms with Gasteiger partial charge in [0.1, 0.15) is 5.82 Å². The van der Waals surface area contributed by atoms with Crippen LogP contribution in [0.3, 0.4) is 0 Å². The number of hydrogen-bond acceptors (Lipinski definition) is 5. The molecule has 1 aromatic carbocycles.